The Bertz CT molecular complexity index is 640. The van der Waals surface area contributed by atoms with Crippen LogP contribution in [0.4, 0.5) is 5.69 Å². The van der Waals surface area contributed by atoms with E-state index >= 15 is 0 Å². The van der Waals surface area contributed by atoms with Gasteiger partial charge in [-0.2, -0.15) is 0 Å². The van der Waals surface area contributed by atoms with E-state index in [0.717, 1.165) is 0 Å². The van der Waals surface area contributed by atoms with Crippen molar-refractivity contribution in [1.82, 2.24) is 10.2 Å². The normalized spacial score (nSPS) is 16.7. The van der Waals surface area contributed by atoms with Gasteiger partial charge in [0, 0.05) is 12.6 Å². The van der Waals surface area contributed by atoms with Crippen LogP contribution >= 0.6 is 12.2 Å². The molecule has 1 heterocycles. The molecule has 6 nitrogen and oxygen atoms in total. The van der Waals surface area contributed by atoms with E-state index < -0.39 is 4.92 Å². The highest BCUT2D eigenvalue weighted by Gasteiger charge is 2.31. The van der Waals surface area contributed by atoms with Crippen LogP contribution in [0.3, 0.4) is 0 Å². The second-order valence-electron chi connectivity index (χ2n) is 5.11. The number of thiocarbonyl (C=S) groups is 1. The maximum absolute atomic E-state index is 12.3. The summed E-state index contributed by atoms with van der Waals surface area (Å²) in [4.78, 5) is 24.3. The van der Waals surface area contributed by atoms with Gasteiger partial charge < -0.3 is 5.32 Å². The Morgan fingerprint density at radius 3 is 2.71 bits per heavy atom. The third-order valence-corrected chi connectivity index (χ3v) is 3.27. The minimum absolute atomic E-state index is 0.0483. The standard InChI is InChI=1S/C14H15N3O3S/c1-9(2)8-16-13(18)11(15-14(16)21)7-10-5-3-4-6-12(10)17(19)20/h3-7,9H,8H2,1-2H3,(H,15,21)/b11-7+. The lowest BCUT2D eigenvalue weighted by atomic mass is 10.1. The molecule has 1 aliphatic heterocycles. The van der Waals surface area contributed by atoms with Crippen LogP contribution in [0.1, 0.15) is 19.4 Å². The third kappa shape index (κ3) is 3.25. The zero-order chi connectivity index (χ0) is 15.6. The molecule has 1 fully saturated rings. The van der Waals surface area contributed by atoms with Crippen molar-refractivity contribution in [2.24, 2.45) is 5.92 Å². The fraction of sp³-hybridized carbons (Fsp3) is 0.286. The minimum atomic E-state index is -0.476. The summed E-state index contributed by atoms with van der Waals surface area (Å²) < 4.78 is 0. The van der Waals surface area contributed by atoms with Crippen LogP contribution in [-0.4, -0.2) is 27.4 Å². The summed E-state index contributed by atoms with van der Waals surface area (Å²) >= 11 is 5.13. The van der Waals surface area contributed by atoms with Crippen LogP contribution < -0.4 is 5.32 Å². The monoisotopic (exact) mass is 305 g/mol. The Morgan fingerprint density at radius 1 is 1.43 bits per heavy atom. The van der Waals surface area contributed by atoms with Crippen LogP contribution in [0.2, 0.25) is 0 Å². The molecule has 1 N–H and O–H groups in total. The minimum Gasteiger partial charge on any atom is -0.328 e. The molecule has 1 amide bonds. The van der Waals surface area contributed by atoms with E-state index in [1.54, 1.807) is 18.2 Å². The zero-order valence-corrected chi connectivity index (χ0v) is 12.5. The molecule has 0 saturated carbocycles. The highest BCUT2D eigenvalue weighted by atomic mass is 32.1. The maximum atomic E-state index is 12.3. The summed E-state index contributed by atoms with van der Waals surface area (Å²) in [6, 6.07) is 6.26. The molecule has 1 saturated heterocycles. The van der Waals surface area contributed by atoms with Crippen molar-refractivity contribution in [3.05, 3.63) is 45.6 Å². The number of carbonyl (C=O) groups is 1. The van der Waals surface area contributed by atoms with Gasteiger partial charge in [0.15, 0.2) is 5.11 Å². The van der Waals surface area contributed by atoms with Crippen LogP contribution in [0.5, 0.6) is 0 Å². The fourth-order valence-electron chi connectivity index (χ4n) is 2.03. The molecule has 1 aliphatic rings. The molecule has 0 radical (unpaired) electrons. The van der Waals surface area contributed by atoms with Crippen molar-refractivity contribution in [3.63, 3.8) is 0 Å². The van der Waals surface area contributed by atoms with Crippen molar-refractivity contribution in [2.75, 3.05) is 6.54 Å². The summed E-state index contributed by atoms with van der Waals surface area (Å²) in [6.45, 7) is 4.48. The Balaban J connectivity index is 2.33. The van der Waals surface area contributed by atoms with Gasteiger partial charge in [-0.3, -0.25) is 19.8 Å². The van der Waals surface area contributed by atoms with Crippen LogP contribution in [0, 0.1) is 16.0 Å². The lowest BCUT2D eigenvalue weighted by Gasteiger charge is -2.15. The number of para-hydroxylation sites is 1. The number of nitro groups is 1. The first-order valence-corrected chi connectivity index (χ1v) is 6.89. The number of nitrogens with one attached hydrogen (secondary N) is 1. The number of hydrogen-bond donors (Lipinski definition) is 1. The molecule has 0 unspecified atom stereocenters. The molecule has 0 spiro atoms. The number of benzene rings is 1. The van der Waals surface area contributed by atoms with Gasteiger partial charge in [0.2, 0.25) is 0 Å². The first kappa shape index (κ1) is 15.1. The van der Waals surface area contributed by atoms with Crippen molar-refractivity contribution in [2.45, 2.75) is 13.8 Å². The maximum Gasteiger partial charge on any atom is 0.276 e. The number of carbonyl (C=O) groups excluding carboxylic acids is 1. The molecule has 7 heteroatoms. The van der Waals surface area contributed by atoms with E-state index in [9.17, 15) is 14.9 Å². The van der Waals surface area contributed by atoms with Crippen molar-refractivity contribution in [1.29, 1.82) is 0 Å². The fourth-order valence-corrected chi connectivity index (χ4v) is 2.30. The summed E-state index contributed by atoms with van der Waals surface area (Å²) in [5.41, 5.74) is 0.579. The van der Waals surface area contributed by atoms with Crippen molar-refractivity contribution < 1.29 is 9.72 Å². The SMILES string of the molecule is CC(C)CN1C(=O)/C(=C\c2ccccc2[N+](=O)[O-])NC1=S. The average molecular weight is 305 g/mol. The molecular weight excluding hydrogens is 290 g/mol. The molecule has 21 heavy (non-hydrogen) atoms. The van der Waals surface area contributed by atoms with E-state index in [4.69, 9.17) is 12.2 Å². The molecule has 1 aromatic carbocycles. The summed E-state index contributed by atoms with van der Waals surface area (Å²) in [7, 11) is 0. The number of amides is 1. The largest absolute Gasteiger partial charge is 0.328 e. The molecule has 0 bridgehead atoms. The summed E-state index contributed by atoms with van der Waals surface area (Å²) in [6.07, 6.45) is 1.47. The Morgan fingerprint density at radius 2 is 2.10 bits per heavy atom. The van der Waals surface area contributed by atoms with Gasteiger partial charge in [-0.1, -0.05) is 26.0 Å². The number of rotatable bonds is 4. The molecule has 1 aromatic rings. The van der Waals surface area contributed by atoms with Gasteiger partial charge in [0.05, 0.1) is 10.5 Å². The number of nitrogens with zero attached hydrogens (tertiary/aromatic N) is 2. The van der Waals surface area contributed by atoms with E-state index in [0.29, 0.717) is 17.2 Å². The van der Waals surface area contributed by atoms with Crippen LogP contribution in [-0.2, 0) is 4.79 Å². The van der Waals surface area contributed by atoms with Crippen LogP contribution in [0.25, 0.3) is 6.08 Å². The Labute approximate surface area is 127 Å². The lowest BCUT2D eigenvalue weighted by Crippen LogP contribution is -2.33. The van der Waals surface area contributed by atoms with E-state index in [1.807, 2.05) is 13.8 Å². The van der Waals surface area contributed by atoms with Crippen molar-refractivity contribution in [3.8, 4) is 0 Å². The third-order valence-electron chi connectivity index (χ3n) is 2.94. The first-order chi connectivity index (χ1) is 9.90. The molecule has 2 rings (SSSR count). The second-order valence-corrected chi connectivity index (χ2v) is 5.50. The predicted molar refractivity (Wildman–Crippen MR) is 83.4 cm³/mol. The topological polar surface area (TPSA) is 75.5 Å². The zero-order valence-electron chi connectivity index (χ0n) is 11.7. The second kappa shape index (κ2) is 6.01. The van der Waals surface area contributed by atoms with Gasteiger partial charge in [-0.05, 0) is 30.3 Å². The van der Waals surface area contributed by atoms with Crippen molar-refractivity contribution >= 4 is 35.0 Å². The highest BCUT2D eigenvalue weighted by Crippen LogP contribution is 2.22. The number of nitro benzene ring substituents is 1. The molecule has 110 valence electrons. The van der Waals surface area contributed by atoms with Gasteiger partial charge >= 0.3 is 0 Å². The lowest BCUT2D eigenvalue weighted by molar-refractivity contribution is -0.385. The van der Waals surface area contributed by atoms with Gasteiger partial charge in [0.25, 0.3) is 11.6 Å². The Kier molecular flexibility index (Phi) is 4.32. The van der Waals surface area contributed by atoms with Crippen LogP contribution in [0.15, 0.2) is 30.0 Å². The molecule has 0 aromatic heterocycles. The summed E-state index contributed by atoms with van der Waals surface area (Å²) in [5, 5.41) is 14.1. The number of hydrogen-bond acceptors (Lipinski definition) is 4. The smallest absolute Gasteiger partial charge is 0.276 e. The van der Waals surface area contributed by atoms with E-state index in [1.165, 1.54) is 17.0 Å². The Hall–Kier alpha value is -2.28. The molecule has 0 aliphatic carbocycles. The molecular formula is C14H15N3O3S. The highest BCUT2D eigenvalue weighted by molar-refractivity contribution is 7.80. The van der Waals surface area contributed by atoms with Gasteiger partial charge in [-0.15, -0.1) is 0 Å². The predicted octanol–water partition coefficient (Wildman–Crippen LogP) is 2.31. The average Bonchev–Trinajstić information content (AvgIpc) is 2.66. The quantitative estimate of drug-likeness (QED) is 0.400. The summed E-state index contributed by atoms with van der Waals surface area (Å²) in [5.74, 6) is 0.0194. The molecule has 0 atom stereocenters. The van der Waals surface area contributed by atoms with E-state index in [-0.39, 0.29) is 23.2 Å². The van der Waals surface area contributed by atoms with Gasteiger partial charge in [0.1, 0.15) is 5.70 Å². The van der Waals surface area contributed by atoms with E-state index in [2.05, 4.69) is 5.32 Å². The first-order valence-electron chi connectivity index (χ1n) is 6.48. The van der Waals surface area contributed by atoms with Gasteiger partial charge in [-0.25, -0.2) is 0 Å².